The van der Waals surface area contributed by atoms with Gasteiger partial charge in [0.25, 0.3) is 0 Å². The van der Waals surface area contributed by atoms with Gasteiger partial charge in [0.2, 0.25) is 0 Å². The number of hydrogen-bond acceptors (Lipinski definition) is 1. The largest absolute Gasteiger partial charge is 0.294 e. The van der Waals surface area contributed by atoms with Crippen LogP contribution in [0, 0.1) is 0 Å². The van der Waals surface area contributed by atoms with Gasteiger partial charge in [0, 0.05) is 12.0 Å². The highest BCUT2D eigenvalue weighted by molar-refractivity contribution is 5.96. The molecule has 1 fully saturated rings. The van der Waals surface area contributed by atoms with Gasteiger partial charge < -0.3 is 0 Å². The molecule has 2 unspecified atom stereocenters. The molecule has 3 rings (SSSR count). The van der Waals surface area contributed by atoms with Crippen molar-refractivity contribution in [2.75, 3.05) is 0 Å². The first-order chi connectivity index (χ1) is 7.79. The maximum absolute atomic E-state index is 11.9. The first-order valence-electron chi connectivity index (χ1n) is 6.46. The highest BCUT2D eigenvalue weighted by atomic mass is 16.1. The van der Waals surface area contributed by atoms with E-state index in [0.29, 0.717) is 12.2 Å². The summed E-state index contributed by atoms with van der Waals surface area (Å²) in [6, 6.07) is 6.43. The highest BCUT2D eigenvalue weighted by Crippen LogP contribution is 2.53. The molecule has 0 spiro atoms. The molecule has 0 radical (unpaired) electrons. The van der Waals surface area contributed by atoms with Gasteiger partial charge in [0.15, 0.2) is 5.78 Å². The van der Waals surface area contributed by atoms with Crippen molar-refractivity contribution >= 4 is 5.78 Å². The van der Waals surface area contributed by atoms with E-state index in [1.54, 1.807) is 0 Å². The number of carbonyl (C=O) groups excluding carboxylic acids is 1. The van der Waals surface area contributed by atoms with E-state index in [4.69, 9.17) is 0 Å². The maximum atomic E-state index is 11.9. The van der Waals surface area contributed by atoms with Crippen LogP contribution in [-0.2, 0) is 0 Å². The van der Waals surface area contributed by atoms with Gasteiger partial charge in [-0.15, -0.1) is 0 Å². The van der Waals surface area contributed by atoms with Gasteiger partial charge in [-0.2, -0.15) is 0 Å². The van der Waals surface area contributed by atoms with E-state index < -0.39 is 0 Å². The lowest BCUT2D eigenvalue weighted by atomic mass is 9.89. The highest BCUT2D eigenvalue weighted by Gasteiger charge is 2.36. The number of hydrogen-bond donors (Lipinski definition) is 0. The summed E-state index contributed by atoms with van der Waals surface area (Å²) in [7, 11) is 0. The zero-order chi connectivity index (χ0) is 11.1. The van der Waals surface area contributed by atoms with E-state index in [1.165, 1.54) is 30.4 Å². The van der Waals surface area contributed by atoms with Crippen molar-refractivity contribution in [3.63, 3.8) is 0 Å². The Bertz CT molecular complexity index is 433. The second-order valence-electron chi connectivity index (χ2n) is 5.22. The van der Waals surface area contributed by atoms with E-state index >= 15 is 0 Å². The molecular formula is C15H18O. The molecule has 2 atom stereocenters. The van der Waals surface area contributed by atoms with Gasteiger partial charge >= 0.3 is 0 Å². The van der Waals surface area contributed by atoms with Crippen molar-refractivity contribution in [1.82, 2.24) is 0 Å². The second kappa shape index (κ2) is 3.73. The standard InChI is InChI=1S/C15H18O/c1-2-3-15(16)12-6-7-13-10-4-5-11(8-10)14(13)9-12/h6-7,9-11H,2-5,8H2,1H3. The topological polar surface area (TPSA) is 17.1 Å². The molecule has 2 aliphatic rings. The van der Waals surface area contributed by atoms with Crippen LogP contribution in [0.3, 0.4) is 0 Å². The van der Waals surface area contributed by atoms with Crippen molar-refractivity contribution in [3.8, 4) is 0 Å². The summed E-state index contributed by atoms with van der Waals surface area (Å²) in [6.07, 6.45) is 5.67. The summed E-state index contributed by atoms with van der Waals surface area (Å²) in [5.41, 5.74) is 3.95. The smallest absolute Gasteiger partial charge is 0.162 e. The second-order valence-corrected chi connectivity index (χ2v) is 5.22. The van der Waals surface area contributed by atoms with Crippen molar-refractivity contribution in [3.05, 3.63) is 34.9 Å². The summed E-state index contributed by atoms with van der Waals surface area (Å²) in [5.74, 6) is 1.87. The normalized spacial score (nSPS) is 25.8. The zero-order valence-corrected chi connectivity index (χ0v) is 9.83. The number of Topliss-reactive ketones (excluding diaryl/α,β-unsaturated/α-hetero) is 1. The zero-order valence-electron chi connectivity index (χ0n) is 9.83. The monoisotopic (exact) mass is 214 g/mol. The number of benzene rings is 1. The number of carbonyl (C=O) groups is 1. The lowest BCUT2D eigenvalue weighted by Crippen LogP contribution is -2.03. The van der Waals surface area contributed by atoms with Gasteiger partial charge in [-0.25, -0.2) is 0 Å². The van der Waals surface area contributed by atoms with Gasteiger partial charge in [0.1, 0.15) is 0 Å². The third-order valence-electron chi connectivity index (χ3n) is 4.20. The SMILES string of the molecule is CCCC(=O)c1ccc2c(c1)C1CCC2C1. The molecule has 0 aromatic heterocycles. The fraction of sp³-hybridized carbons (Fsp3) is 0.533. The molecule has 1 saturated carbocycles. The summed E-state index contributed by atoms with van der Waals surface area (Å²) in [5, 5.41) is 0. The first-order valence-corrected chi connectivity index (χ1v) is 6.46. The summed E-state index contributed by atoms with van der Waals surface area (Å²) < 4.78 is 0. The van der Waals surface area contributed by atoms with Gasteiger partial charge in [-0.1, -0.05) is 19.1 Å². The lowest BCUT2D eigenvalue weighted by molar-refractivity contribution is 0.0981. The van der Waals surface area contributed by atoms with E-state index in [-0.39, 0.29) is 0 Å². The predicted octanol–water partition coefficient (Wildman–Crippen LogP) is 4.03. The minimum Gasteiger partial charge on any atom is -0.294 e. The molecule has 0 aliphatic heterocycles. The number of ketones is 1. The third kappa shape index (κ3) is 1.41. The molecule has 1 aromatic carbocycles. The summed E-state index contributed by atoms with van der Waals surface area (Å²) >= 11 is 0. The molecule has 0 heterocycles. The fourth-order valence-electron chi connectivity index (χ4n) is 3.39. The molecule has 0 saturated heterocycles. The molecule has 2 bridgehead atoms. The van der Waals surface area contributed by atoms with Crippen LogP contribution < -0.4 is 0 Å². The minimum atomic E-state index is 0.313. The van der Waals surface area contributed by atoms with E-state index in [2.05, 4.69) is 19.1 Å². The molecule has 0 amide bonds. The van der Waals surface area contributed by atoms with Crippen LogP contribution >= 0.6 is 0 Å². The van der Waals surface area contributed by atoms with E-state index in [1.807, 2.05) is 6.07 Å². The molecule has 1 heteroatoms. The fourth-order valence-corrected chi connectivity index (χ4v) is 3.39. The Kier molecular flexibility index (Phi) is 2.34. The van der Waals surface area contributed by atoms with Gasteiger partial charge in [-0.05, 0) is 54.7 Å². The number of rotatable bonds is 3. The maximum Gasteiger partial charge on any atom is 0.162 e. The van der Waals surface area contributed by atoms with Crippen LogP contribution in [-0.4, -0.2) is 5.78 Å². The average Bonchev–Trinajstić information content (AvgIpc) is 2.90. The Balaban J connectivity index is 1.95. The Hall–Kier alpha value is -1.11. The molecule has 16 heavy (non-hydrogen) atoms. The Morgan fingerprint density at radius 3 is 2.75 bits per heavy atom. The number of fused-ring (bicyclic) bond motifs is 5. The summed E-state index contributed by atoms with van der Waals surface area (Å²) in [4.78, 5) is 11.9. The molecule has 1 aromatic rings. The van der Waals surface area contributed by atoms with E-state index in [0.717, 1.165) is 23.8 Å². The lowest BCUT2D eigenvalue weighted by Gasteiger charge is -2.15. The molecule has 0 N–H and O–H groups in total. The Labute approximate surface area is 96.9 Å². The van der Waals surface area contributed by atoms with Crippen LogP contribution in [0.5, 0.6) is 0 Å². The Morgan fingerprint density at radius 1 is 1.25 bits per heavy atom. The quantitative estimate of drug-likeness (QED) is 0.694. The van der Waals surface area contributed by atoms with E-state index in [9.17, 15) is 4.79 Å². The predicted molar refractivity (Wildman–Crippen MR) is 65.0 cm³/mol. The van der Waals surface area contributed by atoms with Crippen molar-refractivity contribution in [2.24, 2.45) is 0 Å². The van der Waals surface area contributed by atoms with Crippen molar-refractivity contribution < 1.29 is 4.79 Å². The first kappa shape index (κ1) is 10.1. The van der Waals surface area contributed by atoms with Crippen molar-refractivity contribution in [1.29, 1.82) is 0 Å². The van der Waals surface area contributed by atoms with Crippen LogP contribution in [0.2, 0.25) is 0 Å². The van der Waals surface area contributed by atoms with Crippen LogP contribution in [0.25, 0.3) is 0 Å². The van der Waals surface area contributed by atoms with Gasteiger partial charge in [0.05, 0.1) is 0 Å². The molecule has 1 nitrogen and oxygen atoms in total. The van der Waals surface area contributed by atoms with Gasteiger partial charge in [-0.3, -0.25) is 4.79 Å². The third-order valence-corrected chi connectivity index (χ3v) is 4.20. The van der Waals surface area contributed by atoms with Crippen LogP contribution in [0.1, 0.15) is 72.3 Å². The van der Waals surface area contributed by atoms with Crippen LogP contribution in [0.15, 0.2) is 18.2 Å². The molecule has 84 valence electrons. The van der Waals surface area contributed by atoms with Crippen LogP contribution in [0.4, 0.5) is 0 Å². The average molecular weight is 214 g/mol. The molecular weight excluding hydrogens is 196 g/mol. The molecule has 2 aliphatic carbocycles. The Morgan fingerprint density at radius 2 is 2.00 bits per heavy atom. The minimum absolute atomic E-state index is 0.313. The van der Waals surface area contributed by atoms with Crippen molar-refractivity contribution in [2.45, 2.75) is 50.9 Å². The summed E-state index contributed by atoms with van der Waals surface area (Å²) in [6.45, 7) is 2.06.